The molecule has 1 N–H and O–H groups in total. The van der Waals surface area contributed by atoms with Crippen LogP contribution in [0.2, 0.25) is 0 Å². The number of unbranched alkanes of at least 4 members (excludes halogenated alkanes) is 19. The lowest BCUT2D eigenvalue weighted by Crippen LogP contribution is -2.32. The van der Waals surface area contributed by atoms with Gasteiger partial charge in [-0.1, -0.05) is 159 Å². The molecule has 0 bridgehead atoms. The van der Waals surface area contributed by atoms with E-state index in [-0.39, 0.29) is 5.97 Å². The van der Waals surface area contributed by atoms with Crippen LogP contribution in [0.3, 0.4) is 0 Å². The number of esters is 1. The van der Waals surface area contributed by atoms with E-state index < -0.39 is 5.60 Å². The van der Waals surface area contributed by atoms with E-state index in [1.54, 1.807) is 0 Å². The van der Waals surface area contributed by atoms with Crippen LogP contribution in [0.15, 0.2) is 48.6 Å². The second kappa shape index (κ2) is 38.6. The Hall–Kier alpha value is -1.65. The van der Waals surface area contributed by atoms with Gasteiger partial charge in [0.15, 0.2) is 0 Å². The van der Waals surface area contributed by atoms with Gasteiger partial charge in [-0.25, -0.2) is 0 Å². The molecule has 0 aromatic rings. The van der Waals surface area contributed by atoms with Gasteiger partial charge >= 0.3 is 5.97 Å². The number of carbonyl (C=O) groups excluding carboxylic acids is 1. The normalized spacial score (nSPS) is 15.5. The van der Waals surface area contributed by atoms with Gasteiger partial charge in [0.2, 0.25) is 0 Å². The molecule has 53 heavy (non-hydrogen) atoms. The minimum absolute atomic E-state index is 0.0616. The van der Waals surface area contributed by atoms with E-state index in [2.05, 4.69) is 67.4 Å². The third-order valence-corrected chi connectivity index (χ3v) is 11.1. The maximum atomic E-state index is 12.3. The Balaban J connectivity index is 2.25. The summed E-state index contributed by atoms with van der Waals surface area (Å²) in [6.07, 6.45) is 57.5. The number of rotatable bonds is 38. The number of allylic oxidation sites excluding steroid dienone is 8. The summed E-state index contributed by atoms with van der Waals surface area (Å²) in [7, 11) is 0. The highest BCUT2D eigenvalue weighted by atomic mass is 16.5. The Morgan fingerprint density at radius 3 is 1.38 bits per heavy atom. The van der Waals surface area contributed by atoms with Gasteiger partial charge in [0.05, 0.1) is 18.6 Å². The van der Waals surface area contributed by atoms with Crippen molar-refractivity contribution in [3.8, 4) is 0 Å². The number of ether oxygens (including phenoxy) is 1. The Labute approximate surface area is 330 Å². The lowest BCUT2D eigenvalue weighted by molar-refractivity contribution is -0.144. The highest BCUT2D eigenvalue weighted by molar-refractivity contribution is 5.69. The first-order valence-electron chi connectivity index (χ1n) is 23.3. The molecule has 1 rings (SSSR count). The Bertz CT molecular complexity index is 851. The van der Waals surface area contributed by atoms with Crippen molar-refractivity contribution in [2.75, 3.05) is 26.2 Å². The minimum atomic E-state index is -0.567. The summed E-state index contributed by atoms with van der Waals surface area (Å²) in [6.45, 7) is 8.09. The van der Waals surface area contributed by atoms with Gasteiger partial charge in [0.25, 0.3) is 0 Å². The maximum Gasteiger partial charge on any atom is 0.307 e. The number of hydrogen-bond donors (Lipinski definition) is 1. The van der Waals surface area contributed by atoms with E-state index in [9.17, 15) is 9.90 Å². The van der Waals surface area contributed by atoms with E-state index in [1.165, 1.54) is 148 Å². The fraction of sp³-hybridized carbons (Fsp3) is 0.816. The average Bonchev–Trinajstić information content (AvgIpc) is 3.17. The molecule has 308 valence electrons. The zero-order chi connectivity index (χ0) is 38.2. The molecule has 0 spiro atoms. The van der Waals surface area contributed by atoms with Crippen molar-refractivity contribution in [2.24, 2.45) is 0 Å². The summed E-state index contributed by atoms with van der Waals surface area (Å²) in [4.78, 5) is 14.7. The van der Waals surface area contributed by atoms with E-state index >= 15 is 0 Å². The summed E-state index contributed by atoms with van der Waals surface area (Å²) in [5.41, 5.74) is -0.567. The fourth-order valence-electron chi connectivity index (χ4n) is 7.51. The van der Waals surface area contributed by atoms with Crippen molar-refractivity contribution in [1.29, 1.82) is 0 Å². The molecule has 1 unspecified atom stereocenters. The molecule has 0 saturated carbocycles. The van der Waals surface area contributed by atoms with Gasteiger partial charge in [-0.05, 0) is 122 Å². The van der Waals surface area contributed by atoms with Crippen LogP contribution < -0.4 is 0 Å². The first kappa shape index (κ1) is 49.4. The van der Waals surface area contributed by atoms with Crippen LogP contribution >= 0.6 is 0 Å². The number of aliphatic hydroxyl groups is 1. The molecule has 1 heterocycles. The zero-order valence-corrected chi connectivity index (χ0v) is 35.5. The number of carbonyl (C=O) groups is 1. The van der Waals surface area contributed by atoms with E-state index in [0.717, 1.165) is 77.4 Å². The predicted molar refractivity (Wildman–Crippen MR) is 233 cm³/mol. The van der Waals surface area contributed by atoms with Crippen LogP contribution in [0.4, 0.5) is 0 Å². The van der Waals surface area contributed by atoms with Gasteiger partial charge in [-0.2, -0.15) is 0 Å². The third-order valence-electron chi connectivity index (χ3n) is 11.1. The molecule has 0 radical (unpaired) electrons. The number of piperidine rings is 1. The molecular formula is C49H89NO3. The summed E-state index contributed by atoms with van der Waals surface area (Å²) in [5.74, 6) is -0.0616. The van der Waals surface area contributed by atoms with Crippen LogP contribution in [-0.2, 0) is 9.53 Å². The van der Waals surface area contributed by atoms with E-state index in [4.69, 9.17) is 4.74 Å². The topological polar surface area (TPSA) is 49.8 Å². The SMILES string of the molecule is CCCCCC=CCC=CCCCCCCCCC(O)(CCCCCCCC/C=C\C/C=C\CCCCC)CCCCOC(=O)CCN1CCCCC1. The highest BCUT2D eigenvalue weighted by Crippen LogP contribution is 2.29. The first-order valence-corrected chi connectivity index (χ1v) is 23.3. The largest absolute Gasteiger partial charge is 0.466 e. The third kappa shape index (κ3) is 34.6. The number of likely N-dealkylation sites (tertiary alicyclic amines) is 1. The fourth-order valence-corrected chi connectivity index (χ4v) is 7.51. The molecule has 4 nitrogen and oxygen atoms in total. The molecule has 1 fully saturated rings. The van der Waals surface area contributed by atoms with Crippen LogP contribution in [0.5, 0.6) is 0 Å². The highest BCUT2D eigenvalue weighted by Gasteiger charge is 2.25. The van der Waals surface area contributed by atoms with Crippen molar-refractivity contribution in [2.45, 2.75) is 231 Å². The van der Waals surface area contributed by atoms with Crippen molar-refractivity contribution < 1.29 is 14.6 Å². The van der Waals surface area contributed by atoms with Crippen LogP contribution in [0.25, 0.3) is 0 Å². The number of hydrogen-bond acceptors (Lipinski definition) is 4. The second-order valence-corrected chi connectivity index (χ2v) is 16.2. The van der Waals surface area contributed by atoms with Crippen LogP contribution in [0, 0.1) is 0 Å². The van der Waals surface area contributed by atoms with Gasteiger partial charge < -0.3 is 14.7 Å². The second-order valence-electron chi connectivity index (χ2n) is 16.2. The summed E-state index contributed by atoms with van der Waals surface area (Å²) >= 11 is 0. The summed E-state index contributed by atoms with van der Waals surface area (Å²) in [6, 6.07) is 0. The molecular weight excluding hydrogens is 651 g/mol. The Morgan fingerprint density at radius 1 is 0.528 bits per heavy atom. The van der Waals surface area contributed by atoms with Crippen LogP contribution in [0.1, 0.15) is 226 Å². The van der Waals surface area contributed by atoms with Gasteiger partial charge in [0.1, 0.15) is 0 Å². The zero-order valence-electron chi connectivity index (χ0n) is 35.5. The van der Waals surface area contributed by atoms with Crippen molar-refractivity contribution in [3.63, 3.8) is 0 Å². The first-order chi connectivity index (χ1) is 26.1. The predicted octanol–water partition coefficient (Wildman–Crippen LogP) is 14.7. The Kier molecular flexibility index (Phi) is 36.0. The number of nitrogens with zero attached hydrogens (tertiary/aromatic N) is 1. The minimum Gasteiger partial charge on any atom is -0.466 e. The molecule has 0 aromatic carbocycles. The molecule has 4 heteroatoms. The molecule has 0 aromatic heterocycles. The molecule has 0 aliphatic carbocycles. The standard InChI is InChI=1S/C49H89NO3/c1-3-5-7-9-11-13-15-17-19-21-23-25-27-29-31-34-41-49(52,43-36-39-47-53-48(51)40-46-50-44-37-33-38-45-50)42-35-32-30-28-26-24-22-20-18-16-14-12-10-8-6-4-2/h11-14,17-20,52H,3-10,15-16,21-47H2,1-2H3/b13-11-,14-12?,19-17-,20-18?. The van der Waals surface area contributed by atoms with E-state index in [0.29, 0.717) is 13.0 Å². The average molecular weight is 740 g/mol. The van der Waals surface area contributed by atoms with Crippen LogP contribution in [-0.4, -0.2) is 47.8 Å². The smallest absolute Gasteiger partial charge is 0.307 e. The summed E-state index contributed by atoms with van der Waals surface area (Å²) < 4.78 is 5.57. The monoisotopic (exact) mass is 740 g/mol. The maximum absolute atomic E-state index is 12.3. The molecule has 1 atom stereocenters. The molecule has 1 saturated heterocycles. The molecule has 1 aliphatic heterocycles. The van der Waals surface area contributed by atoms with Gasteiger partial charge in [0, 0.05) is 6.54 Å². The molecule has 0 amide bonds. The molecule has 1 aliphatic rings. The van der Waals surface area contributed by atoms with E-state index in [1.807, 2.05) is 0 Å². The van der Waals surface area contributed by atoms with Crippen molar-refractivity contribution in [3.05, 3.63) is 48.6 Å². The van der Waals surface area contributed by atoms with Gasteiger partial charge in [-0.3, -0.25) is 4.79 Å². The lowest BCUT2D eigenvalue weighted by atomic mass is 9.85. The summed E-state index contributed by atoms with van der Waals surface area (Å²) in [5, 5.41) is 11.7. The van der Waals surface area contributed by atoms with Crippen molar-refractivity contribution >= 4 is 5.97 Å². The quantitative estimate of drug-likeness (QED) is 0.0389. The van der Waals surface area contributed by atoms with Gasteiger partial charge in [-0.15, -0.1) is 0 Å². The van der Waals surface area contributed by atoms with Crippen molar-refractivity contribution in [1.82, 2.24) is 4.90 Å². The lowest BCUT2D eigenvalue weighted by Gasteiger charge is -2.29. The Morgan fingerprint density at radius 2 is 0.925 bits per heavy atom.